The Labute approximate surface area is 84.5 Å². The zero-order valence-electron chi connectivity index (χ0n) is 8.44. The van der Waals surface area contributed by atoms with Crippen LogP contribution in [0.2, 0.25) is 0 Å². The lowest BCUT2D eigenvalue weighted by Crippen LogP contribution is -2.21. The highest BCUT2D eigenvalue weighted by Gasteiger charge is 2.03. The number of nitrogens with two attached hydrogens (primary N) is 1. The average molecular weight is 195 g/mol. The monoisotopic (exact) mass is 195 g/mol. The summed E-state index contributed by atoms with van der Waals surface area (Å²) in [5, 5.41) is 9.37. The van der Waals surface area contributed by atoms with Crippen LogP contribution in [0.25, 0.3) is 0 Å². The molecule has 0 saturated carbocycles. The summed E-state index contributed by atoms with van der Waals surface area (Å²) in [5.41, 5.74) is 6.46. The Hall–Kier alpha value is -1.06. The van der Waals surface area contributed by atoms with Gasteiger partial charge in [-0.2, -0.15) is 0 Å². The van der Waals surface area contributed by atoms with Gasteiger partial charge >= 0.3 is 0 Å². The van der Waals surface area contributed by atoms with Crippen molar-refractivity contribution in [3.05, 3.63) is 29.8 Å². The van der Waals surface area contributed by atoms with E-state index in [9.17, 15) is 5.11 Å². The van der Waals surface area contributed by atoms with Crippen molar-refractivity contribution >= 4 is 0 Å². The van der Waals surface area contributed by atoms with Crippen LogP contribution in [0.4, 0.5) is 0 Å². The van der Waals surface area contributed by atoms with E-state index in [1.807, 2.05) is 31.2 Å². The van der Waals surface area contributed by atoms with Crippen LogP contribution in [0.15, 0.2) is 24.3 Å². The Kier molecular flexibility index (Phi) is 4.43. The summed E-state index contributed by atoms with van der Waals surface area (Å²) in [6.07, 6.45) is 0.103. The van der Waals surface area contributed by atoms with Gasteiger partial charge in [0.2, 0.25) is 0 Å². The highest BCUT2D eigenvalue weighted by atomic mass is 16.5. The maximum absolute atomic E-state index is 9.37. The van der Waals surface area contributed by atoms with Gasteiger partial charge in [0.05, 0.1) is 6.10 Å². The molecule has 3 N–H and O–H groups in total. The van der Waals surface area contributed by atoms with E-state index in [1.165, 1.54) is 0 Å². The number of aryl methyl sites for hydroxylation is 1. The molecule has 1 unspecified atom stereocenters. The zero-order chi connectivity index (χ0) is 10.4. The molecule has 0 spiro atoms. The van der Waals surface area contributed by atoms with Crippen molar-refractivity contribution in [2.75, 3.05) is 13.2 Å². The molecular weight excluding hydrogens is 178 g/mol. The summed E-state index contributed by atoms with van der Waals surface area (Å²) >= 11 is 0. The van der Waals surface area contributed by atoms with Crippen molar-refractivity contribution in [3.8, 4) is 5.75 Å². The normalized spacial score (nSPS) is 12.5. The topological polar surface area (TPSA) is 55.5 Å². The molecule has 78 valence electrons. The lowest BCUT2D eigenvalue weighted by molar-refractivity contribution is 0.102. The quantitative estimate of drug-likeness (QED) is 0.739. The molecule has 0 bridgehead atoms. The zero-order valence-corrected chi connectivity index (χ0v) is 8.44. The number of rotatable bonds is 5. The first-order valence-electron chi connectivity index (χ1n) is 4.80. The molecule has 0 aliphatic rings. The molecule has 1 atom stereocenters. The standard InChI is InChI=1S/C11H17NO2/c1-9-3-2-4-11(7-9)14-8-10(13)5-6-12/h2-4,7,10,13H,5-6,8,12H2,1H3. The van der Waals surface area contributed by atoms with Crippen LogP contribution in [0, 0.1) is 6.92 Å². The van der Waals surface area contributed by atoms with Gasteiger partial charge in [-0.25, -0.2) is 0 Å². The van der Waals surface area contributed by atoms with Crippen LogP contribution in [0.5, 0.6) is 5.75 Å². The highest BCUT2D eigenvalue weighted by Crippen LogP contribution is 2.12. The van der Waals surface area contributed by atoms with E-state index in [0.29, 0.717) is 19.6 Å². The minimum Gasteiger partial charge on any atom is -0.491 e. The first kappa shape index (κ1) is 11.0. The maximum Gasteiger partial charge on any atom is 0.119 e. The molecule has 0 fully saturated rings. The van der Waals surface area contributed by atoms with E-state index in [4.69, 9.17) is 10.5 Å². The number of ether oxygens (including phenoxy) is 1. The summed E-state index contributed by atoms with van der Waals surface area (Å²) in [7, 11) is 0. The van der Waals surface area contributed by atoms with Crippen molar-refractivity contribution in [2.45, 2.75) is 19.4 Å². The van der Waals surface area contributed by atoms with Crippen molar-refractivity contribution in [3.63, 3.8) is 0 Å². The summed E-state index contributed by atoms with van der Waals surface area (Å²) in [5.74, 6) is 0.793. The van der Waals surface area contributed by atoms with Gasteiger partial charge in [0, 0.05) is 0 Å². The van der Waals surface area contributed by atoms with Crippen molar-refractivity contribution in [1.29, 1.82) is 0 Å². The van der Waals surface area contributed by atoms with Gasteiger partial charge in [-0.1, -0.05) is 12.1 Å². The van der Waals surface area contributed by atoms with Crippen LogP contribution >= 0.6 is 0 Å². The van der Waals surface area contributed by atoms with E-state index >= 15 is 0 Å². The lowest BCUT2D eigenvalue weighted by Gasteiger charge is -2.11. The van der Waals surface area contributed by atoms with Crippen LogP contribution in [0.3, 0.4) is 0 Å². The van der Waals surface area contributed by atoms with Gasteiger partial charge in [-0.05, 0) is 37.6 Å². The number of hydrogen-bond donors (Lipinski definition) is 2. The predicted octanol–water partition coefficient (Wildman–Crippen LogP) is 1.08. The summed E-state index contributed by atoms with van der Waals surface area (Å²) < 4.78 is 5.40. The second-order valence-corrected chi connectivity index (χ2v) is 3.36. The van der Waals surface area contributed by atoms with Crippen LogP contribution < -0.4 is 10.5 Å². The predicted molar refractivity (Wildman–Crippen MR) is 56.4 cm³/mol. The van der Waals surface area contributed by atoms with E-state index < -0.39 is 6.10 Å². The molecular formula is C11H17NO2. The van der Waals surface area contributed by atoms with Gasteiger partial charge in [-0.3, -0.25) is 0 Å². The third-order valence-corrected chi connectivity index (χ3v) is 1.93. The Morgan fingerprint density at radius 1 is 1.50 bits per heavy atom. The van der Waals surface area contributed by atoms with Crippen LogP contribution in [0.1, 0.15) is 12.0 Å². The maximum atomic E-state index is 9.37. The van der Waals surface area contributed by atoms with Gasteiger partial charge in [0.15, 0.2) is 0 Å². The van der Waals surface area contributed by atoms with E-state index in [1.54, 1.807) is 0 Å². The largest absolute Gasteiger partial charge is 0.491 e. The van der Waals surface area contributed by atoms with Crippen LogP contribution in [-0.4, -0.2) is 24.4 Å². The van der Waals surface area contributed by atoms with Crippen LogP contribution in [-0.2, 0) is 0 Å². The SMILES string of the molecule is Cc1cccc(OCC(O)CCN)c1. The minimum absolute atomic E-state index is 0.306. The number of aliphatic hydroxyl groups excluding tert-OH is 1. The molecule has 0 aliphatic carbocycles. The fraction of sp³-hybridized carbons (Fsp3) is 0.455. The Balaban J connectivity index is 2.37. The Morgan fingerprint density at radius 2 is 2.29 bits per heavy atom. The second kappa shape index (κ2) is 5.62. The van der Waals surface area contributed by atoms with Crippen molar-refractivity contribution < 1.29 is 9.84 Å². The smallest absolute Gasteiger partial charge is 0.119 e. The molecule has 0 heterocycles. The third-order valence-electron chi connectivity index (χ3n) is 1.93. The summed E-state index contributed by atoms with van der Waals surface area (Å²) in [4.78, 5) is 0. The Morgan fingerprint density at radius 3 is 2.93 bits per heavy atom. The van der Waals surface area contributed by atoms with E-state index in [0.717, 1.165) is 11.3 Å². The van der Waals surface area contributed by atoms with E-state index in [-0.39, 0.29) is 0 Å². The fourth-order valence-corrected chi connectivity index (χ4v) is 1.17. The van der Waals surface area contributed by atoms with E-state index in [2.05, 4.69) is 0 Å². The second-order valence-electron chi connectivity index (χ2n) is 3.36. The summed E-state index contributed by atoms with van der Waals surface area (Å²) in [6.45, 7) is 2.79. The molecule has 3 heteroatoms. The molecule has 0 aromatic heterocycles. The first-order chi connectivity index (χ1) is 6.72. The summed E-state index contributed by atoms with van der Waals surface area (Å²) in [6, 6.07) is 7.75. The molecule has 0 radical (unpaired) electrons. The van der Waals surface area contributed by atoms with Gasteiger partial charge in [0.25, 0.3) is 0 Å². The fourth-order valence-electron chi connectivity index (χ4n) is 1.17. The van der Waals surface area contributed by atoms with Gasteiger partial charge in [0.1, 0.15) is 12.4 Å². The molecule has 14 heavy (non-hydrogen) atoms. The Bertz CT molecular complexity index is 276. The average Bonchev–Trinajstić information content (AvgIpc) is 2.15. The number of benzene rings is 1. The lowest BCUT2D eigenvalue weighted by atomic mass is 10.2. The minimum atomic E-state index is -0.472. The van der Waals surface area contributed by atoms with Gasteiger partial charge in [-0.15, -0.1) is 0 Å². The molecule has 0 aliphatic heterocycles. The van der Waals surface area contributed by atoms with Gasteiger partial charge < -0.3 is 15.6 Å². The molecule has 0 saturated heterocycles. The molecule has 1 aromatic carbocycles. The van der Waals surface area contributed by atoms with Crippen molar-refractivity contribution in [1.82, 2.24) is 0 Å². The first-order valence-corrected chi connectivity index (χ1v) is 4.80. The highest BCUT2D eigenvalue weighted by molar-refractivity contribution is 5.27. The third kappa shape index (κ3) is 3.77. The van der Waals surface area contributed by atoms with Crippen molar-refractivity contribution in [2.24, 2.45) is 5.73 Å². The molecule has 1 rings (SSSR count). The molecule has 1 aromatic rings. The number of aliphatic hydroxyl groups is 1. The molecule has 0 amide bonds. The number of hydrogen-bond acceptors (Lipinski definition) is 3. The molecule has 3 nitrogen and oxygen atoms in total.